The third kappa shape index (κ3) is 5.39. The van der Waals surface area contributed by atoms with E-state index in [1.165, 1.54) is 16.9 Å². The first-order valence-corrected chi connectivity index (χ1v) is 9.67. The number of hydrogen-bond acceptors (Lipinski definition) is 5. The predicted octanol–water partition coefficient (Wildman–Crippen LogP) is 3.75. The molecule has 3 rings (SSSR count). The maximum Gasteiger partial charge on any atom is 0.251 e. The number of ether oxygens (including phenoxy) is 1. The molecule has 0 aliphatic rings. The lowest BCUT2D eigenvalue weighted by molar-refractivity contribution is 0.0941. The van der Waals surface area contributed by atoms with Crippen molar-refractivity contribution in [2.24, 2.45) is 0 Å². The zero-order valence-electron chi connectivity index (χ0n) is 15.5. The molecule has 1 aromatic heterocycles. The molecule has 27 heavy (non-hydrogen) atoms. The summed E-state index contributed by atoms with van der Waals surface area (Å²) in [4.78, 5) is 18.9. The van der Waals surface area contributed by atoms with Crippen molar-refractivity contribution in [3.8, 4) is 5.75 Å². The molecule has 6 heteroatoms. The maximum atomic E-state index is 12.6. The summed E-state index contributed by atoms with van der Waals surface area (Å²) in [5.41, 5.74) is 4.40. The van der Waals surface area contributed by atoms with Gasteiger partial charge in [0.05, 0.1) is 17.2 Å². The summed E-state index contributed by atoms with van der Waals surface area (Å²) in [6, 6.07) is 17.5. The van der Waals surface area contributed by atoms with Crippen LogP contribution < -0.4 is 10.1 Å². The number of hydrogen-bond donors (Lipinski definition) is 1. The van der Waals surface area contributed by atoms with Crippen molar-refractivity contribution >= 4 is 17.2 Å². The summed E-state index contributed by atoms with van der Waals surface area (Å²) in [5, 5.41) is 4.97. The molecule has 0 fully saturated rings. The van der Waals surface area contributed by atoms with Gasteiger partial charge in [-0.15, -0.1) is 11.3 Å². The smallest absolute Gasteiger partial charge is 0.251 e. The first-order valence-electron chi connectivity index (χ1n) is 8.73. The monoisotopic (exact) mass is 381 g/mol. The Bertz CT molecular complexity index is 851. The maximum absolute atomic E-state index is 12.6. The molecule has 0 saturated heterocycles. The number of rotatable bonds is 8. The lowest BCUT2D eigenvalue weighted by Gasteiger charge is -2.25. The highest BCUT2D eigenvalue weighted by Crippen LogP contribution is 2.18. The molecule has 1 heterocycles. The lowest BCUT2D eigenvalue weighted by atomic mass is 10.1. The third-order valence-electron chi connectivity index (χ3n) is 4.23. The van der Waals surface area contributed by atoms with Crippen molar-refractivity contribution in [3.05, 3.63) is 82.3 Å². The average molecular weight is 382 g/mol. The Morgan fingerprint density at radius 3 is 2.70 bits per heavy atom. The number of benzene rings is 2. The SMILES string of the molecule is CN(C)C(CNC(=O)c1cccc(OCc2cscn2)c1)c1ccccc1. The molecule has 0 saturated carbocycles. The minimum absolute atomic E-state index is 0.110. The molecule has 0 aliphatic carbocycles. The molecule has 1 N–H and O–H groups in total. The van der Waals surface area contributed by atoms with E-state index in [0.717, 1.165) is 5.69 Å². The molecule has 2 aromatic carbocycles. The van der Waals surface area contributed by atoms with Crippen molar-refractivity contribution < 1.29 is 9.53 Å². The van der Waals surface area contributed by atoms with Gasteiger partial charge in [0.2, 0.25) is 0 Å². The van der Waals surface area contributed by atoms with Gasteiger partial charge in [0.1, 0.15) is 12.4 Å². The first-order chi connectivity index (χ1) is 13.1. The topological polar surface area (TPSA) is 54.5 Å². The van der Waals surface area contributed by atoms with E-state index in [9.17, 15) is 4.79 Å². The quantitative estimate of drug-likeness (QED) is 0.646. The first kappa shape index (κ1) is 19.1. The van der Waals surface area contributed by atoms with Crippen LogP contribution in [-0.4, -0.2) is 36.4 Å². The van der Waals surface area contributed by atoms with E-state index in [2.05, 4.69) is 27.3 Å². The second-order valence-corrected chi connectivity index (χ2v) is 7.12. The number of carbonyl (C=O) groups excluding carboxylic acids is 1. The molecule has 1 unspecified atom stereocenters. The molecular weight excluding hydrogens is 358 g/mol. The summed E-state index contributed by atoms with van der Waals surface area (Å²) in [6.45, 7) is 0.922. The molecule has 0 bridgehead atoms. The van der Waals surface area contributed by atoms with Crippen LogP contribution in [0.2, 0.25) is 0 Å². The van der Waals surface area contributed by atoms with Crippen molar-refractivity contribution in [2.45, 2.75) is 12.6 Å². The van der Waals surface area contributed by atoms with Gasteiger partial charge in [-0.05, 0) is 37.9 Å². The number of thiazole rings is 1. The Morgan fingerprint density at radius 1 is 1.19 bits per heavy atom. The summed E-state index contributed by atoms with van der Waals surface area (Å²) < 4.78 is 5.73. The lowest BCUT2D eigenvalue weighted by Crippen LogP contribution is -2.34. The zero-order chi connectivity index (χ0) is 19.1. The number of likely N-dealkylation sites (N-methyl/N-ethyl adjacent to an activating group) is 1. The molecule has 3 aromatic rings. The second kappa shape index (κ2) is 9.30. The van der Waals surface area contributed by atoms with Crippen LogP contribution >= 0.6 is 11.3 Å². The van der Waals surface area contributed by atoms with E-state index >= 15 is 0 Å². The molecule has 140 valence electrons. The molecular formula is C21H23N3O2S. The number of carbonyl (C=O) groups is 1. The molecule has 1 amide bonds. The van der Waals surface area contributed by atoms with Gasteiger partial charge in [0.15, 0.2) is 0 Å². The predicted molar refractivity (Wildman–Crippen MR) is 108 cm³/mol. The van der Waals surface area contributed by atoms with E-state index in [1.807, 2.05) is 49.8 Å². The van der Waals surface area contributed by atoms with E-state index in [-0.39, 0.29) is 11.9 Å². The summed E-state index contributed by atoms with van der Waals surface area (Å²) in [5.74, 6) is 0.541. The van der Waals surface area contributed by atoms with Gasteiger partial charge in [-0.3, -0.25) is 4.79 Å². The van der Waals surface area contributed by atoms with Crippen LogP contribution in [-0.2, 0) is 6.61 Å². The van der Waals surface area contributed by atoms with Gasteiger partial charge in [-0.1, -0.05) is 36.4 Å². The number of aromatic nitrogens is 1. The van der Waals surface area contributed by atoms with Crippen LogP contribution in [0.4, 0.5) is 0 Å². The molecule has 1 atom stereocenters. The highest BCUT2D eigenvalue weighted by molar-refractivity contribution is 7.07. The Balaban J connectivity index is 1.61. The second-order valence-electron chi connectivity index (χ2n) is 6.40. The van der Waals surface area contributed by atoms with Crippen LogP contribution in [0.3, 0.4) is 0 Å². The molecule has 0 spiro atoms. The van der Waals surface area contributed by atoms with Crippen molar-refractivity contribution in [1.29, 1.82) is 0 Å². The van der Waals surface area contributed by atoms with Crippen LogP contribution in [0, 0.1) is 0 Å². The van der Waals surface area contributed by atoms with Crippen molar-refractivity contribution in [2.75, 3.05) is 20.6 Å². The van der Waals surface area contributed by atoms with E-state index < -0.39 is 0 Å². The highest BCUT2D eigenvalue weighted by atomic mass is 32.1. The van der Waals surface area contributed by atoms with Gasteiger partial charge < -0.3 is 15.0 Å². The van der Waals surface area contributed by atoms with Crippen molar-refractivity contribution in [3.63, 3.8) is 0 Å². The van der Waals surface area contributed by atoms with Crippen LogP contribution in [0.1, 0.15) is 27.7 Å². The average Bonchev–Trinajstić information content (AvgIpc) is 3.21. The van der Waals surface area contributed by atoms with E-state index in [4.69, 9.17) is 4.74 Å². The van der Waals surface area contributed by atoms with Gasteiger partial charge in [-0.2, -0.15) is 0 Å². The number of nitrogens with zero attached hydrogens (tertiary/aromatic N) is 2. The standard InChI is InChI=1S/C21H23N3O2S/c1-24(2)20(16-7-4-3-5-8-16)12-22-21(25)17-9-6-10-19(11-17)26-13-18-14-27-15-23-18/h3-11,14-15,20H,12-13H2,1-2H3,(H,22,25). The Hall–Kier alpha value is -2.70. The van der Waals surface area contributed by atoms with E-state index in [1.54, 1.807) is 17.6 Å². The van der Waals surface area contributed by atoms with Crippen LogP contribution in [0.5, 0.6) is 5.75 Å². The van der Waals surface area contributed by atoms with Crippen LogP contribution in [0.15, 0.2) is 65.5 Å². The third-order valence-corrected chi connectivity index (χ3v) is 4.87. The summed E-state index contributed by atoms with van der Waals surface area (Å²) in [7, 11) is 4.02. The number of amides is 1. The van der Waals surface area contributed by atoms with E-state index in [0.29, 0.717) is 24.5 Å². The Labute approximate surface area is 163 Å². The van der Waals surface area contributed by atoms with Gasteiger partial charge >= 0.3 is 0 Å². The Kier molecular flexibility index (Phi) is 6.57. The Morgan fingerprint density at radius 2 is 2.00 bits per heavy atom. The fourth-order valence-corrected chi connectivity index (χ4v) is 3.30. The van der Waals surface area contributed by atoms with Crippen LogP contribution in [0.25, 0.3) is 0 Å². The largest absolute Gasteiger partial charge is 0.487 e. The van der Waals surface area contributed by atoms with Crippen molar-refractivity contribution in [1.82, 2.24) is 15.2 Å². The normalized spacial score (nSPS) is 12.0. The summed E-state index contributed by atoms with van der Waals surface area (Å²) in [6.07, 6.45) is 0. The molecule has 0 aliphatic heterocycles. The highest BCUT2D eigenvalue weighted by Gasteiger charge is 2.16. The molecule has 5 nitrogen and oxygen atoms in total. The zero-order valence-corrected chi connectivity index (χ0v) is 16.3. The molecule has 0 radical (unpaired) electrons. The number of nitrogens with one attached hydrogen (secondary N) is 1. The van der Waals surface area contributed by atoms with Gasteiger partial charge in [0, 0.05) is 17.5 Å². The van der Waals surface area contributed by atoms with Gasteiger partial charge in [-0.25, -0.2) is 4.98 Å². The fraction of sp³-hybridized carbons (Fsp3) is 0.238. The minimum Gasteiger partial charge on any atom is -0.487 e. The van der Waals surface area contributed by atoms with Gasteiger partial charge in [0.25, 0.3) is 5.91 Å². The fourth-order valence-electron chi connectivity index (χ4n) is 2.76. The summed E-state index contributed by atoms with van der Waals surface area (Å²) >= 11 is 1.53. The minimum atomic E-state index is -0.114.